The molecule has 8 nitrogen and oxygen atoms in total. The third kappa shape index (κ3) is 7.19. The molecule has 0 bridgehead atoms. The van der Waals surface area contributed by atoms with Gasteiger partial charge in [-0.1, -0.05) is 30.3 Å². The van der Waals surface area contributed by atoms with Crippen LogP contribution in [-0.4, -0.2) is 36.8 Å². The molecule has 0 saturated heterocycles. The van der Waals surface area contributed by atoms with Crippen molar-refractivity contribution in [2.24, 2.45) is 5.73 Å². The third-order valence-corrected chi connectivity index (χ3v) is 4.75. The first kappa shape index (κ1) is 23.5. The van der Waals surface area contributed by atoms with Crippen LogP contribution < -0.4 is 21.7 Å². The Morgan fingerprint density at radius 1 is 0.758 bits per heavy atom. The van der Waals surface area contributed by atoms with E-state index in [9.17, 15) is 14.4 Å². The van der Waals surface area contributed by atoms with Crippen LogP contribution in [0, 0.1) is 0 Å². The van der Waals surface area contributed by atoms with Gasteiger partial charge in [-0.05, 0) is 67.7 Å². The third-order valence-electron chi connectivity index (χ3n) is 4.75. The number of rotatable bonds is 8. The van der Waals surface area contributed by atoms with Gasteiger partial charge in [0.1, 0.15) is 0 Å². The maximum atomic E-state index is 12.7. The lowest BCUT2D eigenvalue weighted by Gasteiger charge is -2.11. The van der Waals surface area contributed by atoms with Crippen LogP contribution in [0.1, 0.15) is 31.8 Å². The number of nitrogens with two attached hydrogens (primary N) is 1. The van der Waals surface area contributed by atoms with Gasteiger partial charge in [0.15, 0.2) is 0 Å². The molecule has 8 heteroatoms. The monoisotopic (exact) mass is 445 g/mol. The Labute approximate surface area is 192 Å². The fourth-order valence-corrected chi connectivity index (χ4v) is 3.25. The summed E-state index contributed by atoms with van der Waals surface area (Å²) in [6.45, 7) is 1.07. The number of hydrogen-bond donors (Lipinski definition) is 4. The molecule has 0 unspecified atom stereocenters. The summed E-state index contributed by atoms with van der Waals surface area (Å²) >= 11 is 0. The van der Waals surface area contributed by atoms with E-state index in [1.165, 1.54) is 6.07 Å². The molecule has 0 aliphatic heterocycles. The number of primary amides is 1. The van der Waals surface area contributed by atoms with Crippen LogP contribution in [-0.2, 0) is 13.1 Å². The van der Waals surface area contributed by atoms with Crippen LogP contribution in [0.2, 0.25) is 0 Å². The van der Waals surface area contributed by atoms with Gasteiger partial charge in [-0.25, -0.2) is 4.79 Å². The van der Waals surface area contributed by atoms with Crippen molar-refractivity contribution in [3.05, 3.63) is 95.1 Å². The zero-order valence-electron chi connectivity index (χ0n) is 18.6. The summed E-state index contributed by atoms with van der Waals surface area (Å²) < 4.78 is 0. The molecule has 0 fully saturated rings. The van der Waals surface area contributed by atoms with E-state index in [2.05, 4.69) is 20.9 Å². The number of nitrogens with one attached hydrogen (secondary N) is 3. The van der Waals surface area contributed by atoms with Gasteiger partial charge < -0.3 is 26.6 Å². The van der Waals surface area contributed by atoms with Crippen molar-refractivity contribution in [3.8, 4) is 0 Å². The maximum Gasteiger partial charge on any atom is 0.316 e. The summed E-state index contributed by atoms with van der Waals surface area (Å²) in [6.07, 6.45) is 0. The Balaban J connectivity index is 1.59. The van der Waals surface area contributed by atoms with Gasteiger partial charge >= 0.3 is 6.03 Å². The van der Waals surface area contributed by atoms with Crippen LogP contribution in [0.25, 0.3) is 0 Å². The van der Waals surface area contributed by atoms with Gasteiger partial charge in [0.25, 0.3) is 11.8 Å². The average Bonchev–Trinajstić information content (AvgIpc) is 2.78. The van der Waals surface area contributed by atoms with E-state index >= 15 is 0 Å². The minimum Gasteiger partial charge on any atom is -0.351 e. The number of urea groups is 1. The standard InChI is InChI=1S/C25H27N5O3/c1-30(2)16-17-9-11-21(12-10-17)28-24(32)19-6-3-5-18(13-19)15-27-23(31)20-7-4-8-22(14-20)29-25(26)33/h3-14H,15-16H2,1-2H3,(H,27,31)(H,28,32)(H3,26,29,33). The lowest BCUT2D eigenvalue weighted by atomic mass is 10.1. The van der Waals surface area contributed by atoms with Crippen LogP contribution in [0.4, 0.5) is 16.2 Å². The van der Waals surface area contributed by atoms with Crippen molar-refractivity contribution < 1.29 is 14.4 Å². The molecule has 33 heavy (non-hydrogen) atoms. The maximum absolute atomic E-state index is 12.7. The van der Waals surface area contributed by atoms with E-state index in [1.807, 2.05) is 44.4 Å². The van der Waals surface area contributed by atoms with Gasteiger partial charge in [-0.15, -0.1) is 0 Å². The minimum absolute atomic E-state index is 0.228. The van der Waals surface area contributed by atoms with Crippen molar-refractivity contribution in [1.29, 1.82) is 0 Å². The summed E-state index contributed by atoms with van der Waals surface area (Å²) in [5.41, 5.74) is 9.07. The molecule has 3 aromatic rings. The fraction of sp³-hybridized carbons (Fsp3) is 0.160. The topological polar surface area (TPSA) is 117 Å². The Kier molecular flexibility index (Phi) is 7.77. The molecular weight excluding hydrogens is 418 g/mol. The van der Waals surface area contributed by atoms with Crippen molar-refractivity contribution in [3.63, 3.8) is 0 Å². The normalized spacial score (nSPS) is 10.5. The predicted molar refractivity (Wildman–Crippen MR) is 129 cm³/mol. The van der Waals surface area contributed by atoms with Crippen molar-refractivity contribution in [2.75, 3.05) is 24.7 Å². The summed E-state index contributed by atoms with van der Waals surface area (Å²) in [5, 5.41) is 8.15. The number of nitrogens with zero attached hydrogens (tertiary/aromatic N) is 1. The smallest absolute Gasteiger partial charge is 0.316 e. The molecule has 0 saturated carbocycles. The lowest BCUT2D eigenvalue weighted by molar-refractivity contribution is 0.0950. The SMILES string of the molecule is CN(C)Cc1ccc(NC(=O)c2cccc(CNC(=O)c3cccc(NC(N)=O)c3)c2)cc1. The molecular formula is C25H27N5O3. The number of carbonyl (C=O) groups is 3. The quantitative estimate of drug-likeness (QED) is 0.425. The highest BCUT2D eigenvalue weighted by Crippen LogP contribution is 2.14. The van der Waals surface area contributed by atoms with Crippen LogP contribution in [0.3, 0.4) is 0 Å². The van der Waals surface area contributed by atoms with Crippen molar-refractivity contribution in [2.45, 2.75) is 13.1 Å². The molecule has 0 heterocycles. The zero-order valence-corrected chi connectivity index (χ0v) is 18.6. The van der Waals surface area contributed by atoms with E-state index in [0.29, 0.717) is 22.5 Å². The lowest BCUT2D eigenvalue weighted by Crippen LogP contribution is -2.24. The van der Waals surface area contributed by atoms with Crippen LogP contribution >= 0.6 is 0 Å². The molecule has 0 aromatic heterocycles. The van der Waals surface area contributed by atoms with E-state index in [0.717, 1.165) is 17.7 Å². The highest BCUT2D eigenvalue weighted by atomic mass is 16.2. The van der Waals surface area contributed by atoms with E-state index in [1.54, 1.807) is 36.4 Å². The van der Waals surface area contributed by atoms with Gasteiger partial charge in [-0.3, -0.25) is 9.59 Å². The number of anilines is 2. The van der Waals surface area contributed by atoms with Gasteiger partial charge in [-0.2, -0.15) is 0 Å². The molecule has 170 valence electrons. The predicted octanol–water partition coefficient (Wildman–Crippen LogP) is 3.42. The average molecular weight is 446 g/mol. The van der Waals surface area contributed by atoms with Crippen molar-refractivity contribution >= 4 is 29.2 Å². The molecule has 0 radical (unpaired) electrons. The molecule has 5 N–H and O–H groups in total. The molecule has 0 aliphatic rings. The minimum atomic E-state index is -0.702. The first-order valence-electron chi connectivity index (χ1n) is 10.4. The zero-order chi connectivity index (χ0) is 23.8. The van der Waals surface area contributed by atoms with Crippen LogP contribution in [0.5, 0.6) is 0 Å². The summed E-state index contributed by atoms with van der Waals surface area (Å²) in [4.78, 5) is 38.2. The van der Waals surface area contributed by atoms with Gasteiger partial charge in [0.05, 0.1) is 0 Å². The second kappa shape index (κ2) is 10.9. The molecule has 3 aromatic carbocycles. The summed E-state index contributed by atoms with van der Waals surface area (Å²) in [6, 6.07) is 20.5. The number of benzene rings is 3. The molecule has 3 rings (SSSR count). The van der Waals surface area contributed by atoms with Gasteiger partial charge in [0, 0.05) is 35.6 Å². The molecule has 0 aliphatic carbocycles. The number of amides is 4. The first-order chi connectivity index (χ1) is 15.8. The highest BCUT2D eigenvalue weighted by Gasteiger charge is 2.10. The largest absolute Gasteiger partial charge is 0.351 e. The Morgan fingerprint density at radius 3 is 2.09 bits per heavy atom. The van der Waals surface area contributed by atoms with Crippen LogP contribution in [0.15, 0.2) is 72.8 Å². The first-order valence-corrected chi connectivity index (χ1v) is 10.4. The summed E-state index contributed by atoms with van der Waals surface area (Å²) in [5.74, 6) is -0.537. The summed E-state index contributed by atoms with van der Waals surface area (Å²) in [7, 11) is 4.01. The second-order valence-electron chi connectivity index (χ2n) is 7.84. The molecule has 0 spiro atoms. The molecule has 0 atom stereocenters. The van der Waals surface area contributed by atoms with E-state index < -0.39 is 6.03 Å². The second-order valence-corrected chi connectivity index (χ2v) is 7.84. The van der Waals surface area contributed by atoms with Gasteiger partial charge in [0.2, 0.25) is 0 Å². The Morgan fingerprint density at radius 2 is 1.42 bits per heavy atom. The van der Waals surface area contributed by atoms with E-state index in [-0.39, 0.29) is 18.4 Å². The highest BCUT2D eigenvalue weighted by molar-refractivity contribution is 6.04. The number of hydrogen-bond acceptors (Lipinski definition) is 4. The Hall–Kier alpha value is -4.17. The van der Waals surface area contributed by atoms with Crippen molar-refractivity contribution in [1.82, 2.24) is 10.2 Å². The Bertz CT molecular complexity index is 1140. The molecule has 4 amide bonds. The van der Waals surface area contributed by atoms with E-state index in [4.69, 9.17) is 5.73 Å². The fourth-order valence-electron chi connectivity index (χ4n) is 3.25. The number of carbonyl (C=O) groups excluding carboxylic acids is 3.